The minimum atomic E-state index is -0.571. The first-order valence-corrected chi connectivity index (χ1v) is 7.19. The maximum Gasteiger partial charge on any atom is 0.106 e. The maximum absolute atomic E-state index is 10.1. The Morgan fingerprint density at radius 2 is 2.41 bits per heavy atom. The predicted octanol–water partition coefficient (Wildman–Crippen LogP) is 2.36. The fraction of sp³-hybridized carbons (Fsp3) is 0.727. The summed E-state index contributed by atoms with van der Waals surface area (Å²) in [6, 6.07) is 0. The van der Waals surface area contributed by atoms with Crippen LogP contribution >= 0.6 is 23.4 Å². The highest BCUT2D eigenvalue weighted by atomic mass is 35.5. The molecule has 1 aromatic rings. The molecule has 1 aromatic heterocycles. The molecule has 1 unspecified atom stereocenters. The number of hydrogen-bond acceptors (Lipinski definition) is 4. The van der Waals surface area contributed by atoms with Crippen LogP contribution in [0, 0.1) is 0 Å². The lowest BCUT2D eigenvalue weighted by molar-refractivity contribution is 0.166. The molecule has 1 heterocycles. The van der Waals surface area contributed by atoms with Crippen LogP contribution < -0.4 is 0 Å². The van der Waals surface area contributed by atoms with Gasteiger partial charge >= 0.3 is 0 Å². The van der Waals surface area contributed by atoms with Crippen molar-refractivity contribution >= 4 is 23.4 Å². The summed E-state index contributed by atoms with van der Waals surface area (Å²) in [5, 5.41) is 14.7. The lowest BCUT2D eigenvalue weighted by Crippen LogP contribution is -2.14. The van der Waals surface area contributed by atoms with Crippen molar-refractivity contribution in [3.63, 3.8) is 0 Å². The lowest BCUT2D eigenvalue weighted by atomic mass is 10.3. The second-order valence-electron chi connectivity index (χ2n) is 3.68. The van der Waals surface area contributed by atoms with E-state index in [1.54, 1.807) is 29.8 Å². The van der Waals surface area contributed by atoms with Crippen molar-refractivity contribution in [2.45, 2.75) is 26.0 Å². The normalized spacial score (nSPS) is 12.9. The van der Waals surface area contributed by atoms with Crippen LogP contribution in [0.1, 0.15) is 25.1 Å². The van der Waals surface area contributed by atoms with Crippen molar-refractivity contribution in [3.05, 3.63) is 16.9 Å². The van der Waals surface area contributed by atoms with Crippen LogP contribution in [0.15, 0.2) is 6.20 Å². The van der Waals surface area contributed by atoms with Crippen molar-refractivity contribution in [3.8, 4) is 0 Å². The van der Waals surface area contributed by atoms with E-state index in [9.17, 15) is 5.11 Å². The Balaban J connectivity index is 2.63. The van der Waals surface area contributed by atoms with Crippen molar-refractivity contribution in [1.82, 2.24) is 9.78 Å². The first kappa shape index (κ1) is 14.8. The van der Waals surface area contributed by atoms with Crippen molar-refractivity contribution < 1.29 is 9.84 Å². The third kappa shape index (κ3) is 4.50. The number of hydrogen-bond donors (Lipinski definition) is 1. The van der Waals surface area contributed by atoms with E-state index in [-0.39, 0.29) is 0 Å². The number of nitrogens with zero attached hydrogens (tertiary/aromatic N) is 2. The van der Waals surface area contributed by atoms with Crippen molar-refractivity contribution in [2.75, 3.05) is 25.2 Å². The smallest absolute Gasteiger partial charge is 0.106 e. The van der Waals surface area contributed by atoms with Crippen LogP contribution in [-0.2, 0) is 11.3 Å². The summed E-state index contributed by atoms with van der Waals surface area (Å²) in [5.74, 6) is 1.69. The zero-order valence-corrected chi connectivity index (χ0v) is 11.8. The molecule has 0 fully saturated rings. The summed E-state index contributed by atoms with van der Waals surface area (Å²) < 4.78 is 6.71. The minimum absolute atomic E-state index is 0.519. The molecule has 4 nitrogen and oxygen atoms in total. The Kier molecular flexibility index (Phi) is 6.96. The highest BCUT2D eigenvalue weighted by molar-refractivity contribution is 7.99. The number of ether oxygens (including phenoxy) is 1. The molecule has 0 saturated heterocycles. The monoisotopic (exact) mass is 278 g/mol. The van der Waals surface area contributed by atoms with Gasteiger partial charge in [0.05, 0.1) is 30.1 Å². The van der Waals surface area contributed by atoms with Crippen molar-refractivity contribution in [2.24, 2.45) is 0 Å². The fourth-order valence-electron chi connectivity index (χ4n) is 1.48. The molecule has 1 N–H and O–H groups in total. The van der Waals surface area contributed by atoms with Crippen LogP contribution in [0.5, 0.6) is 0 Å². The molecule has 0 saturated carbocycles. The van der Waals surface area contributed by atoms with Gasteiger partial charge in [-0.2, -0.15) is 16.9 Å². The molecular formula is C11H19ClN2O2S. The van der Waals surface area contributed by atoms with Gasteiger partial charge in [0.2, 0.25) is 0 Å². The molecule has 17 heavy (non-hydrogen) atoms. The molecule has 0 bridgehead atoms. The molecule has 0 aliphatic rings. The third-order valence-electron chi connectivity index (χ3n) is 2.28. The summed E-state index contributed by atoms with van der Waals surface area (Å²) >= 11 is 7.76. The number of thioether (sulfide) groups is 1. The second-order valence-corrected chi connectivity index (χ2v) is 5.24. The van der Waals surface area contributed by atoms with E-state index in [0.29, 0.717) is 29.6 Å². The molecule has 6 heteroatoms. The molecule has 1 rings (SSSR count). The van der Waals surface area contributed by atoms with Gasteiger partial charge in [-0.1, -0.05) is 18.5 Å². The Bertz CT molecular complexity index is 333. The summed E-state index contributed by atoms with van der Waals surface area (Å²) in [5.41, 5.74) is 0.687. The quantitative estimate of drug-likeness (QED) is 0.742. The third-order valence-corrected chi connectivity index (χ3v) is 3.82. The molecular weight excluding hydrogens is 260 g/mol. The number of rotatable bonds is 8. The van der Waals surface area contributed by atoms with Crippen LogP contribution in [-0.4, -0.2) is 40.1 Å². The molecule has 0 radical (unpaired) electrons. The Morgan fingerprint density at radius 1 is 1.65 bits per heavy atom. The number of aromatic nitrogens is 2. The van der Waals surface area contributed by atoms with Gasteiger partial charge in [0, 0.05) is 12.9 Å². The van der Waals surface area contributed by atoms with E-state index in [1.807, 2.05) is 0 Å². The Morgan fingerprint density at radius 3 is 3.06 bits per heavy atom. The van der Waals surface area contributed by atoms with Crippen LogP contribution in [0.2, 0.25) is 5.02 Å². The van der Waals surface area contributed by atoms with E-state index in [4.69, 9.17) is 16.3 Å². The Labute approximate surface area is 111 Å². The SMILES string of the molecule is CCCSCC(O)c1c(Cl)cnn1CCOC. The summed E-state index contributed by atoms with van der Waals surface area (Å²) in [6.07, 6.45) is 2.10. The maximum atomic E-state index is 10.1. The second kappa shape index (κ2) is 7.97. The summed E-state index contributed by atoms with van der Waals surface area (Å²) in [6.45, 7) is 3.28. The number of halogens is 1. The standard InChI is InChI=1S/C11H19ClN2O2S/c1-3-6-17-8-10(15)11-9(12)7-13-14(11)4-5-16-2/h7,10,15H,3-6,8H2,1-2H3. The number of aliphatic hydroxyl groups is 1. The van der Waals surface area contributed by atoms with Crippen LogP contribution in [0.25, 0.3) is 0 Å². The van der Waals surface area contributed by atoms with Gasteiger partial charge in [-0.3, -0.25) is 4.68 Å². The van der Waals surface area contributed by atoms with E-state index in [1.165, 1.54) is 0 Å². The van der Waals surface area contributed by atoms with Gasteiger partial charge in [-0.15, -0.1) is 0 Å². The van der Waals surface area contributed by atoms with Gasteiger partial charge in [0.15, 0.2) is 0 Å². The Hall–Kier alpha value is -0.230. The van der Waals surface area contributed by atoms with E-state index >= 15 is 0 Å². The molecule has 1 atom stereocenters. The molecule has 0 aliphatic heterocycles. The molecule has 0 aromatic carbocycles. The number of aliphatic hydroxyl groups excluding tert-OH is 1. The van der Waals surface area contributed by atoms with E-state index in [0.717, 1.165) is 12.2 Å². The average molecular weight is 279 g/mol. The van der Waals surface area contributed by atoms with Gasteiger partial charge in [-0.25, -0.2) is 0 Å². The van der Waals surface area contributed by atoms with Crippen molar-refractivity contribution in [1.29, 1.82) is 0 Å². The van der Waals surface area contributed by atoms with Crippen LogP contribution in [0.3, 0.4) is 0 Å². The molecule has 98 valence electrons. The minimum Gasteiger partial charge on any atom is -0.386 e. The summed E-state index contributed by atoms with van der Waals surface area (Å²) in [7, 11) is 1.64. The van der Waals surface area contributed by atoms with E-state index < -0.39 is 6.10 Å². The topological polar surface area (TPSA) is 47.3 Å². The van der Waals surface area contributed by atoms with Gasteiger partial charge in [-0.05, 0) is 12.2 Å². The predicted molar refractivity (Wildman–Crippen MR) is 71.7 cm³/mol. The molecule has 0 spiro atoms. The highest BCUT2D eigenvalue weighted by Gasteiger charge is 2.17. The van der Waals surface area contributed by atoms with Gasteiger partial charge in [0.25, 0.3) is 0 Å². The molecule has 0 amide bonds. The largest absolute Gasteiger partial charge is 0.386 e. The zero-order chi connectivity index (χ0) is 12.7. The highest BCUT2D eigenvalue weighted by Crippen LogP contribution is 2.25. The first-order chi connectivity index (χ1) is 8.20. The fourth-order valence-corrected chi connectivity index (χ4v) is 2.58. The lowest BCUT2D eigenvalue weighted by Gasteiger charge is -2.13. The van der Waals surface area contributed by atoms with Gasteiger partial charge in [0.1, 0.15) is 6.10 Å². The zero-order valence-electron chi connectivity index (χ0n) is 10.2. The molecule has 0 aliphatic carbocycles. The van der Waals surface area contributed by atoms with Gasteiger partial charge < -0.3 is 9.84 Å². The first-order valence-electron chi connectivity index (χ1n) is 5.66. The van der Waals surface area contributed by atoms with E-state index in [2.05, 4.69) is 12.0 Å². The average Bonchev–Trinajstić information content (AvgIpc) is 2.68. The summed E-state index contributed by atoms with van der Waals surface area (Å²) in [4.78, 5) is 0. The van der Waals surface area contributed by atoms with Crippen LogP contribution in [0.4, 0.5) is 0 Å². The number of methoxy groups -OCH3 is 1.